The van der Waals surface area contributed by atoms with Gasteiger partial charge >= 0.3 is 0 Å². The molecule has 1 unspecified atom stereocenters. The zero-order chi connectivity index (χ0) is 13.9. The molecule has 0 amide bonds. The summed E-state index contributed by atoms with van der Waals surface area (Å²) in [5, 5.41) is 1.95. The maximum absolute atomic E-state index is 12.2. The highest BCUT2D eigenvalue weighted by Crippen LogP contribution is 2.20. The molecule has 1 heterocycles. The summed E-state index contributed by atoms with van der Waals surface area (Å²) in [7, 11) is -3.33. The molecular formula is C14H17NO2S2. The van der Waals surface area contributed by atoms with Crippen molar-refractivity contribution in [3.63, 3.8) is 0 Å². The molecule has 102 valence electrons. The number of rotatable bonds is 5. The van der Waals surface area contributed by atoms with Gasteiger partial charge in [0.25, 0.3) is 0 Å². The van der Waals surface area contributed by atoms with Crippen LogP contribution in [0.2, 0.25) is 0 Å². The van der Waals surface area contributed by atoms with Gasteiger partial charge in [0.05, 0.1) is 11.8 Å². The first-order valence-corrected chi connectivity index (χ1v) is 8.59. The third kappa shape index (κ3) is 3.89. The van der Waals surface area contributed by atoms with Crippen LogP contribution in [-0.2, 0) is 15.8 Å². The highest BCUT2D eigenvalue weighted by Gasteiger charge is 2.17. The number of sulfonamides is 1. The van der Waals surface area contributed by atoms with Crippen molar-refractivity contribution >= 4 is 21.4 Å². The van der Waals surface area contributed by atoms with E-state index < -0.39 is 10.0 Å². The molecule has 0 aliphatic heterocycles. The van der Waals surface area contributed by atoms with E-state index in [1.807, 2.05) is 55.6 Å². The van der Waals surface area contributed by atoms with Crippen LogP contribution < -0.4 is 4.72 Å². The van der Waals surface area contributed by atoms with Gasteiger partial charge in [-0.3, -0.25) is 0 Å². The topological polar surface area (TPSA) is 46.2 Å². The van der Waals surface area contributed by atoms with E-state index in [1.54, 1.807) is 11.3 Å². The first kappa shape index (κ1) is 14.2. The van der Waals surface area contributed by atoms with E-state index in [2.05, 4.69) is 4.72 Å². The second-order valence-electron chi connectivity index (χ2n) is 4.54. The van der Waals surface area contributed by atoms with Crippen LogP contribution in [0.25, 0.3) is 0 Å². The van der Waals surface area contributed by atoms with Gasteiger partial charge in [-0.1, -0.05) is 30.3 Å². The molecule has 5 heteroatoms. The Kier molecular flexibility index (Phi) is 4.39. The van der Waals surface area contributed by atoms with Gasteiger partial charge in [0.2, 0.25) is 10.0 Å². The van der Waals surface area contributed by atoms with Gasteiger partial charge in [-0.2, -0.15) is 0 Å². The summed E-state index contributed by atoms with van der Waals surface area (Å²) in [6, 6.07) is 11.2. The van der Waals surface area contributed by atoms with Crippen molar-refractivity contribution in [3.05, 3.63) is 57.8 Å². The zero-order valence-corrected chi connectivity index (χ0v) is 12.6. The van der Waals surface area contributed by atoms with Gasteiger partial charge in [-0.15, -0.1) is 11.3 Å². The first-order chi connectivity index (χ1) is 8.98. The summed E-state index contributed by atoms with van der Waals surface area (Å²) in [5.41, 5.74) is 1.84. The maximum Gasteiger partial charge on any atom is 0.216 e. The summed E-state index contributed by atoms with van der Waals surface area (Å²) in [6.07, 6.45) is 0. The predicted molar refractivity (Wildman–Crippen MR) is 79.7 cm³/mol. The zero-order valence-electron chi connectivity index (χ0n) is 11.0. The van der Waals surface area contributed by atoms with E-state index in [1.165, 1.54) is 0 Å². The molecule has 0 aliphatic carbocycles. The molecule has 3 nitrogen and oxygen atoms in total. The van der Waals surface area contributed by atoms with Crippen molar-refractivity contribution in [2.45, 2.75) is 25.6 Å². The molecule has 0 radical (unpaired) electrons. The Balaban J connectivity index is 2.09. The molecule has 0 spiro atoms. The maximum atomic E-state index is 12.2. The van der Waals surface area contributed by atoms with Gasteiger partial charge in [0.1, 0.15) is 0 Å². The molecule has 0 saturated heterocycles. The van der Waals surface area contributed by atoms with Gasteiger partial charge in [0, 0.05) is 4.88 Å². The minimum atomic E-state index is -3.33. The van der Waals surface area contributed by atoms with Crippen molar-refractivity contribution < 1.29 is 8.42 Å². The smallest absolute Gasteiger partial charge is 0.212 e. The fraction of sp³-hybridized carbons (Fsp3) is 0.286. The average molecular weight is 295 g/mol. The van der Waals surface area contributed by atoms with Crippen molar-refractivity contribution in [3.8, 4) is 0 Å². The fourth-order valence-electron chi connectivity index (χ4n) is 1.88. The van der Waals surface area contributed by atoms with E-state index in [9.17, 15) is 8.42 Å². The molecule has 2 aromatic rings. The second kappa shape index (κ2) is 5.86. The minimum absolute atomic E-state index is 0.0232. The summed E-state index contributed by atoms with van der Waals surface area (Å²) < 4.78 is 27.0. The number of nitrogens with one attached hydrogen (secondary N) is 1. The monoisotopic (exact) mass is 295 g/mol. The van der Waals surface area contributed by atoms with Crippen molar-refractivity contribution in [2.24, 2.45) is 0 Å². The number of thiophene rings is 1. The van der Waals surface area contributed by atoms with Gasteiger partial charge in [-0.25, -0.2) is 13.1 Å². The standard InChI is InChI=1S/C14H17NO2S2/c1-11-6-3-4-7-13(11)10-19(16,17)15-12(2)14-8-5-9-18-14/h3-9,12,15H,10H2,1-2H3. The van der Waals surface area contributed by atoms with Crippen LogP contribution in [0.1, 0.15) is 29.0 Å². The lowest BCUT2D eigenvalue weighted by Gasteiger charge is -2.13. The Bertz CT molecular complexity index is 633. The van der Waals surface area contributed by atoms with Gasteiger partial charge < -0.3 is 0 Å². The van der Waals surface area contributed by atoms with Crippen molar-refractivity contribution in [2.75, 3.05) is 0 Å². The molecular weight excluding hydrogens is 278 g/mol. The van der Waals surface area contributed by atoms with Crippen molar-refractivity contribution in [1.29, 1.82) is 0 Å². The number of hydrogen-bond donors (Lipinski definition) is 1. The number of aryl methyl sites for hydroxylation is 1. The van der Waals surface area contributed by atoms with Gasteiger partial charge in [0.15, 0.2) is 0 Å². The molecule has 1 aromatic heterocycles. The Morgan fingerprint density at radius 1 is 1.21 bits per heavy atom. The van der Waals surface area contributed by atoms with E-state index >= 15 is 0 Å². The Morgan fingerprint density at radius 3 is 2.58 bits per heavy atom. The predicted octanol–water partition coefficient (Wildman–Crippen LogP) is 3.24. The summed E-state index contributed by atoms with van der Waals surface area (Å²) in [6.45, 7) is 3.79. The SMILES string of the molecule is Cc1ccccc1CS(=O)(=O)NC(C)c1cccs1. The molecule has 1 atom stereocenters. The lowest BCUT2D eigenvalue weighted by atomic mass is 10.1. The Hall–Kier alpha value is -1.17. The lowest BCUT2D eigenvalue weighted by molar-refractivity contribution is 0.567. The fourth-order valence-corrected chi connectivity index (χ4v) is 4.17. The molecule has 19 heavy (non-hydrogen) atoms. The van der Waals surface area contributed by atoms with Crippen LogP contribution in [-0.4, -0.2) is 8.42 Å². The van der Waals surface area contributed by atoms with Crippen LogP contribution in [0.3, 0.4) is 0 Å². The molecule has 0 aliphatic rings. The molecule has 1 N–H and O–H groups in total. The van der Waals surface area contributed by atoms with Crippen LogP contribution >= 0.6 is 11.3 Å². The largest absolute Gasteiger partial charge is 0.216 e. The second-order valence-corrected chi connectivity index (χ2v) is 7.27. The summed E-state index contributed by atoms with van der Waals surface area (Å²) in [5.74, 6) is 0.0232. The Morgan fingerprint density at radius 2 is 1.95 bits per heavy atom. The highest BCUT2D eigenvalue weighted by molar-refractivity contribution is 7.88. The molecule has 1 aromatic carbocycles. The normalized spacial score (nSPS) is 13.4. The average Bonchev–Trinajstić information content (AvgIpc) is 2.85. The van der Waals surface area contributed by atoms with E-state index in [4.69, 9.17) is 0 Å². The van der Waals surface area contributed by atoms with E-state index in [0.29, 0.717) is 0 Å². The molecule has 2 rings (SSSR count). The highest BCUT2D eigenvalue weighted by atomic mass is 32.2. The quantitative estimate of drug-likeness (QED) is 0.920. The van der Waals surface area contributed by atoms with E-state index in [-0.39, 0.29) is 11.8 Å². The molecule has 0 bridgehead atoms. The lowest BCUT2D eigenvalue weighted by Crippen LogP contribution is -2.27. The summed E-state index contributed by atoms with van der Waals surface area (Å²) in [4.78, 5) is 1.02. The van der Waals surface area contributed by atoms with Crippen LogP contribution in [0, 0.1) is 6.92 Å². The van der Waals surface area contributed by atoms with Gasteiger partial charge in [-0.05, 0) is 36.4 Å². The third-order valence-electron chi connectivity index (χ3n) is 2.93. The first-order valence-electron chi connectivity index (χ1n) is 6.06. The third-order valence-corrected chi connectivity index (χ3v) is 5.39. The van der Waals surface area contributed by atoms with Crippen LogP contribution in [0.4, 0.5) is 0 Å². The van der Waals surface area contributed by atoms with E-state index in [0.717, 1.165) is 16.0 Å². The number of benzene rings is 1. The molecule has 0 saturated carbocycles. The van der Waals surface area contributed by atoms with Crippen LogP contribution in [0.15, 0.2) is 41.8 Å². The molecule has 0 fully saturated rings. The van der Waals surface area contributed by atoms with Crippen molar-refractivity contribution in [1.82, 2.24) is 4.72 Å². The number of hydrogen-bond acceptors (Lipinski definition) is 3. The Labute approximate surface area is 118 Å². The van der Waals surface area contributed by atoms with Crippen LogP contribution in [0.5, 0.6) is 0 Å². The minimum Gasteiger partial charge on any atom is -0.212 e. The summed E-state index contributed by atoms with van der Waals surface area (Å²) >= 11 is 1.55.